The molecule has 2 heteroatoms. The van der Waals surface area contributed by atoms with Crippen LogP contribution in [0, 0.1) is 6.92 Å². The summed E-state index contributed by atoms with van der Waals surface area (Å²) in [5.74, 6) is 0. The van der Waals surface area contributed by atoms with Gasteiger partial charge in [0.05, 0.1) is 0 Å². The summed E-state index contributed by atoms with van der Waals surface area (Å²) < 4.78 is 2.27. The fourth-order valence-corrected chi connectivity index (χ4v) is 2.56. The Bertz CT molecular complexity index is 474. The van der Waals surface area contributed by atoms with Gasteiger partial charge < -0.3 is 0 Å². The molecule has 0 unspecified atom stereocenters. The number of hydrogen-bond acceptors (Lipinski definition) is 1. The Morgan fingerprint density at radius 1 is 1.06 bits per heavy atom. The van der Waals surface area contributed by atoms with Crippen LogP contribution in [-0.4, -0.2) is 0 Å². The zero-order valence-electron chi connectivity index (χ0n) is 10.3. The van der Waals surface area contributed by atoms with Gasteiger partial charge >= 0.3 is 0 Å². The van der Waals surface area contributed by atoms with Crippen LogP contribution in [0.15, 0.2) is 36.0 Å². The molecular formula is C14H18NS+. The molecule has 0 N–H and O–H groups in total. The summed E-state index contributed by atoms with van der Waals surface area (Å²) in [5.41, 5.74) is 4.97. The number of rotatable bonds is 1. The van der Waals surface area contributed by atoms with Gasteiger partial charge in [0.2, 0.25) is 5.51 Å². The Balaban J connectivity index is 2.35. The predicted octanol–water partition coefficient (Wildman–Crippen LogP) is 3.77. The second-order valence-corrected chi connectivity index (χ2v) is 6.05. The van der Waals surface area contributed by atoms with Gasteiger partial charge in [-0.3, -0.25) is 0 Å². The van der Waals surface area contributed by atoms with E-state index in [2.05, 4.69) is 68.2 Å². The highest BCUT2D eigenvalue weighted by Gasteiger charge is 2.23. The van der Waals surface area contributed by atoms with E-state index in [9.17, 15) is 0 Å². The highest BCUT2D eigenvalue weighted by Crippen LogP contribution is 2.23. The minimum Gasteiger partial charge on any atom is -0.190 e. The van der Waals surface area contributed by atoms with Crippen LogP contribution in [0.4, 0.5) is 0 Å². The molecule has 0 aliphatic carbocycles. The normalized spacial score (nSPS) is 11.8. The van der Waals surface area contributed by atoms with Crippen LogP contribution in [0.5, 0.6) is 0 Å². The van der Waals surface area contributed by atoms with Gasteiger partial charge in [-0.25, -0.2) is 0 Å². The lowest BCUT2D eigenvalue weighted by molar-refractivity contribution is -0.749. The monoisotopic (exact) mass is 232 g/mol. The van der Waals surface area contributed by atoms with Crippen molar-refractivity contribution < 1.29 is 4.57 Å². The molecule has 0 saturated carbocycles. The second-order valence-electron chi connectivity index (χ2n) is 5.16. The summed E-state index contributed by atoms with van der Waals surface area (Å²) >= 11 is 1.80. The van der Waals surface area contributed by atoms with Crippen LogP contribution < -0.4 is 4.57 Å². The van der Waals surface area contributed by atoms with Crippen molar-refractivity contribution in [1.82, 2.24) is 0 Å². The first-order valence-corrected chi connectivity index (χ1v) is 6.42. The third-order valence-electron chi connectivity index (χ3n) is 2.66. The summed E-state index contributed by atoms with van der Waals surface area (Å²) in [6.45, 7) is 8.78. The van der Waals surface area contributed by atoms with E-state index in [1.807, 2.05) is 0 Å². The van der Waals surface area contributed by atoms with Gasteiger partial charge in [0.25, 0.3) is 0 Å². The van der Waals surface area contributed by atoms with Gasteiger partial charge in [0.1, 0.15) is 4.88 Å². The van der Waals surface area contributed by atoms with Crippen molar-refractivity contribution in [3.05, 3.63) is 41.5 Å². The molecule has 0 saturated heterocycles. The molecule has 1 nitrogen and oxygen atoms in total. The predicted molar refractivity (Wildman–Crippen MR) is 69.7 cm³/mol. The Hall–Kier alpha value is -1.15. The Morgan fingerprint density at radius 2 is 1.69 bits per heavy atom. The first-order valence-electron chi connectivity index (χ1n) is 5.54. The van der Waals surface area contributed by atoms with E-state index in [0.29, 0.717) is 0 Å². The number of aromatic nitrogens is 1. The fraction of sp³-hybridized carbons (Fsp3) is 0.357. The largest absolute Gasteiger partial charge is 0.225 e. The van der Waals surface area contributed by atoms with E-state index in [1.165, 1.54) is 16.0 Å². The maximum atomic E-state index is 2.27. The third kappa shape index (κ3) is 2.33. The van der Waals surface area contributed by atoms with E-state index < -0.39 is 0 Å². The minimum atomic E-state index is 0.166. The molecule has 2 aromatic rings. The average molecular weight is 232 g/mol. The molecule has 2 rings (SSSR count). The Morgan fingerprint density at radius 3 is 2.19 bits per heavy atom. The summed E-state index contributed by atoms with van der Waals surface area (Å²) in [6, 6.07) is 8.70. The quantitative estimate of drug-likeness (QED) is 0.659. The molecule has 0 fully saturated rings. The number of aryl methyl sites for hydroxylation is 1. The fourth-order valence-electron chi connectivity index (χ4n) is 1.51. The third-order valence-corrected chi connectivity index (χ3v) is 3.59. The maximum Gasteiger partial charge on any atom is 0.225 e. The molecule has 84 valence electrons. The average Bonchev–Trinajstić information content (AvgIpc) is 2.67. The van der Waals surface area contributed by atoms with Gasteiger partial charge in [0, 0.05) is 20.8 Å². The molecule has 1 aromatic carbocycles. The molecule has 0 radical (unpaired) electrons. The maximum absolute atomic E-state index is 2.27. The second kappa shape index (κ2) is 4.02. The molecule has 1 aromatic heterocycles. The number of thiazole rings is 1. The van der Waals surface area contributed by atoms with Crippen LogP contribution in [0.2, 0.25) is 0 Å². The van der Waals surface area contributed by atoms with E-state index in [-0.39, 0.29) is 5.54 Å². The number of nitrogens with zero attached hydrogens (tertiary/aromatic N) is 1. The van der Waals surface area contributed by atoms with Crippen LogP contribution in [0.3, 0.4) is 0 Å². The van der Waals surface area contributed by atoms with Gasteiger partial charge in [0.15, 0.2) is 11.7 Å². The van der Waals surface area contributed by atoms with Crippen LogP contribution >= 0.6 is 11.3 Å². The molecule has 0 bridgehead atoms. The summed E-state index contributed by atoms with van der Waals surface area (Å²) in [7, 11) is 0. The van der Waals surface area contributed by atoms with Gasteiger partial charge in [-0.15, -0.1) is 0 Å². The molecule has 0 spiro atoms. The summed E-state index contributed by atoms with van der Waals surface area (Å²) in [4.78, 5) is 1.33. The van der Waals surface area contributed by atoms with Crippen molar-refractivity contribution in [1.29, 1.82) is 0 Å². The zero-order chi connectivity index (χ0) is 11.8. The SMILES string of the molecule is Cc1ccc(-c2c[n+](C(C)(C)C)cs2)cc1. The summed E-state index contributed by atoms with van der Waals surface area (Å²) in [6.07, 6.45) is 2.23. The molecule has 0 aliphatic rings. The van der Waals surface area contributed by atoms with Crippen LogP contribution in [0.25, 0.3) is 10.4 Å². The molecule has 0 amide bonds. The van der Waals surface area contributed by atoms with E-state index in [1.54, 1.807) is 11.3 Å². The highest BCUT2D eigenvalue weighted by molar-refractivity contribution is 7.12. The van der Waals surface area contributed by atoms with Gasteiger partial charge in [-0.05, 0) is 12.5 Å². The standard InChI is InChI=1S/C14H18NS/c1-11-5-7-12(8-6-11)13-9-15(10-16-13)14(2,3)4/h5-10H,1-4H3/q+1. The molecule has 0 aliphatic heterocycles. The van der Waals surface area contributed by atoms with E-state index in [4.69, 9.17) is 0 Å². The lowest BCUT2D eigenvalue weighted by atomic mass is 10.1. The molecule has 16 heavy (non-hydrogen) atoms. The Kier molecular flexibility index (Phi) is 2.85. The van der Waals surface area contributed by atoms with Gasteiger partial charge in [-0.1, -0.05) is 41.2 Å². The molecule has 1 heterocycles. The first-order chi connectivity index (χ1) is 7.47. The van der Waals surface area contributed by atoms with Crippen LogP contribution in [-0.2, 0) is 5.54 Å². The molecule has 0 atom stereocenters. The number of hydrogen-bond donors (Lipinski definition) is 0. The van der Waals surface area contributed by atoms with Crippen LogP contribution in [0.1, 0.15) is 26.3 Å². The minimum absolute atomic E-state index is 0.166. The summed E-state index contributed by atoms with van der Waals surface area (Å²) in [5, 5.41) is 0. The van der Waals surface area contributed by atoms with Crippen molar-refractivity contribution in [3.8, 4) is 10.4 Å². The first kappa shape index (κ1) is 11.3. The lowest BCUT2D eigenvalue weighted by Crippen LogP contribution is -2.47. The van der Waals surface area contributed by atoms with Crippen molar-refractivity contribution >= 4 is 11.3 Å². The topological polar surface area (TPSA) is 3.88 Å². The smallest absolute Gasteiger partial charge is 0.190 e. The van der Waals surface area contributed by atoms with E-state index in [0.717, 1.165) is 0 Å². The van der Waals surface area contributed by atoms with Gasteiger partial charge in [-0.2, -0.15) is 4.57 Å². The number of benzene rings is 1. The zero-order valence-corrected chi connectivity index (χ0v) is 11.1. The van der Waals surface area contributed by atoms with E-state index >= 15 is 0 Å². The Labute approximate surface area is 101 Å². The molecular weight excluding hydrogens is 214 g/mol. The highest BCUT2D eigenvalue weighted by atomic mass is 32.1. The van der Waals surface area contributed by atoms with Crippen molar-refractivity contribution in [2.75, 3.05) is 0 Å². The van der Waals surface area contributed by atoms with Crippen molar-refractivity contribution in [2.24, 2.45) is 0 Å². The van der Waals surface area contributed by atoms with Crippen molar-refractivity contribution in [3.63, 3.8) is 0 Å². The lowest BCUT2D eigenvalue weighted by Gasteiger charge is -2.09. The van der Waals surface area contributed by atoms with Crippen molar-refractivity contribution in [2.45, 2.75) is 33.2 Å².